The van der Waals surface area contributed by atoms with Crippen LogP contribution in [0.2, 0.25) is 0 Å². The predicted octanol–water partition coefficient (Wildman–Crippen LogP) is 2.29. The van der Waals surface area contributed by atoms with Crippen molar-refractivity contribution in [2.75, 3.05) is 20.3 Å². The molecule has 0 bridgehead atoms. The number of carbonyl (C=O) groups excluding carboxylic acids is 2. The van der Waals surface area contributed by atoms with Crippen LogP contribution in [-0.2, 0) is 27.3 Å². The first-order valence-electron chi connectivity index (χ1n) is 8.47. The molecule has 1 atom stereocenters. The Balaban J connectivity index is 1.93. The number of carbonyl (C=O) groups is 2. The van der Waals surface area contributed by atoms with Crippen molar-refractivity contribution in [3.05, 3.63) is 71.8 Å². The van der Waals surface area contributed by atoms with Gasteiger partial charge in [-0.05, 0) is 11.1 Å². The Morgan fingerprint density at radius 1 is 0.962 bits per heavy atom. The lowest BCUT2D eigenvalue weighted by molar-refractivity contribution is -0.123. The number of nitrogens with one attached hydrogen (secondary N) is 2. The first kappa shape index (κ1) is 19.5. The highest BCUT2D eigenvalue weighted by Gasteiger charge is 2.21. The minimum absolute atomic E-state index is 0.149. The quantitative estimate of drug-likeness (QED) is 0.676. The van der Waals surface area contributed by atoms with Crippen molar-refractivity contribution in [1.82, 2.24) is 10.6 Å². The molecule has 2 aromatic rings. The maximum atomic E-state index is 12.4. The number of methoxy groups -OCH3 is 1. The third-order valence-corrected chi connectivity index (χ3v) is 3.71. The second-order valence-electron chi connectivity index (χ2n) is 5.73. The molecule has 0 spiro atoms. The predicted molar refractivity (Wildman–Crippen MR) is 98.6 cm³/mol. The molecule has 0 saturated heterocycles. The number of hydrogen-bond donors (Lipinski definition) is 2. The fourth-order valence-electron chi connectivity index (χ4n) is 2.37. The third-order valence-electron chi connectivity index (χ3n) is 3.71. The summed E-state index contributed by atoms with van der Waals surface area (Å²) in [5.74, 6) is -0.275. The fourth-order valence-corrected chi connectivity index (χ4v) is 2.37. The molecule has 0 aliphatic carbocycles. The van der Waals surface area contributed by atoms with Gasteiger partial charge in [-0.2, -0.15) is 0 Å². The van der Waals surface area contributed by atoms with Crippen molar-refractivity contribution in [1.29, 1.82) is 0 Å². The molecule has 2 rings (SSSR count). The second kappa shape index (κ2) is 10.9. The first-order chi connectivity index (χ1) is 12.7. The summed E-state index contributed by atoms with van der Waals surface area (Å²) < 4.78 is 10.1. The number of amides is 2. The minimum Gasteiger partial charge on any atom is -0.445 e. The lowest BCUT2D eigenvalue weighted by Crippen LogP contribution is -2.48. The summed E-state index contributed by atoms with van der Waals surface area (Å²) in [5, 5.41) is 5.40. The van der Waals surface area contributed by atoms with E-state index < -0.39 is 12.1 Å². The molecule has 6 heteroatoms. The van der Waals surface area contributed by atoms with E-state index in [2.05, 4.69) is 10.6 Å². The van der Waals surface area contributed by atoms with Crippen LogP contribution in [0.3, 0.4) is 0 Å². The Morgan fingerprint density at radius 2 is 1.58 bits per heavy atom. The van der Waals surface area contributed by atoms with Gasteiger partial charge in [-0.25, -0.2) is 4.79 Å². The number of alkyl carbamates (subject to hydrolysis) is 1. The summed E-state index contributed by atoms with van der Waals surface area (Å²) in [6.07, 6.45) is -0.253. The lowest BCUT2D eigenvalue weighted by atomic mass is 10.1. The maximum Gasteiger partial charge on any atom is 0.408 e. The van der Waals surface area contributed by atoms with Crippen LogP contribution in [0.15, 0.2) is 60.7 Å². The summed E-state index contributed by atoms with van der Waals surface area (Å²) in [5.41, 5.74) is 1.83. The average molecular weight is 356 g/mol. The molecule has 1 unspecified atom stereocenters. The van der Waals surface area contributed by atoms with Crippen molar-refractivity contribution >= 4 is 12.0 Å². The van der Waals surface area contributed by atoms with Crippen LogP contribution in [0.1, 0.15) is 11.1 Å². The van der Waals surface area contributed by atoms with Gasteiger partial charge in [-0.1, -0.05) is 60.7 Å². The Kier molecular flexibility index (Phi) is 8.15. The van der Waals surface area contributed by atoms with E-state index in [4.69, 9.17) is 9.47 Å². The maximum absolute atomic E-state index is 12.4. The highest BCUT2D eigenvalue weighted by molar-refractivity contribution is 5.85. The zero-order chi connectivity index (χ0) is 18.6. The average Bonchev–Trinajstić information content (AvgIpc) is 2.67. The molecule has 0 aliphatic heterocycles. The molecule has 0 aliphatic rings. The molecule has 0 fully saturated rings. The molecule has 0 aromatic heterocycles. The number of rotatable bonds is 9. The third kappa shape index (κ3) is 6.94. The molecule has 138 valence electrons. The second-order valence-corrected chi connectivity index (χ2v) is 5.73. The van der Waals surface area contributed by atoms with E-state index in [1.54, 1.807) is 7.11 Å². The standard InChI is InChI=1S/C20H24N2O4/c1-25-13-12-21-19(23)18(14-16-8-4-2-5-9-16)22-20(24)26-15-17-10-6-3-7-11-17/h2-11,18H,12-15H2,1H3,(H,21,23)(H,22,24). The van der Waals surface area contributed by atoms with Crippen LogP contribution in [0, 0.1) is 0 Å². The summed E-state index contributed by atoms with van der Waals surface area (Å²) in [6, 6.07) is 18.2. The Morgan fingerprint density at radius 3 is 2.19 bits per heavy atom. The largest absolute Gasteiger partial charge is 0.445 e. The van der Waals surface area contributed by atoms with Crippen molar-refractivity contribution in [3.8, 4) is 0 Å². The van der Waals surface area contributed by atoms with Crippen molar-refractivity contribution in [2.24, 2.45) is 0 Å². The SMILES string of the molecule is COCCNC(=O)C(Cc1ccccc1)NC(=O)OCc1ccccc1. The molecular formula is C20H24N2O4. The van der Waals surface area contributed by atoms with Gasteiger partial charge in [-0.3, -0.25) is 4.79 Å². The highest BCUT2D eigenvalue weighted by Crippen LogP contribution is 2.05. The fraction of sp³-hybridized carbons (Fsp3) is 0.300. The van der Waals surface area contributed by atoms with Crippen LogP contribution in [0.25, 0.3) is 0 Å². The highest BCUT2D eigenvalue weighted by atomic mass is 16.5. The van der Waals surface area contributed by atoms with Crippen molar-refractivity contribution < 1.29 is 19.1 Å². The van der Waals surface area contributed by atoms with Crippen molar-refractivity contribution in [2.45, 2.75) is 19.1 Å². The number of hydrogen-bond acceptors (Lipinski definition) is 4. The van der Waals surface area contributed by atoms with E-state index in [0.29, 0.717) is 19.6 Å². The van der Waals surface area contributed by atoms with E-state index in [1.165, 1.54) is 0 Å². The number of ether oxygens (including phenoxy) is 2. The van der Waals surface area contributed by atoms with Gasteiger partial charge in [0.2, 0.25) is 5.91 Å². The molecule has 2 amide bonds. The molecule has 0 saturated carbocycles. The van der Waals surface area contributed by atoms with E-state index in [1.807, 2.05) is 60.7 Å². The van der Waals surface area contributed by atoms with Crippen LogP contribution >= 0.6 is 0 Å². The van der Waals surface area contributed by atoms with Gasteiger partial charge in [0, 0.05) is 20.1 Å². The zero-order valence-corrected chi connectivity index (χ0v) is 14.8. The van der Waals surface area contributed by atoms with Gasteiger partial charge in [0.15, 0.2) is 0 Å². The lowest BCUT2D eigenvalue weighted by Gasteiger charge is -2.18. The van der Waals surface area contributed by atoms with Crippen LogP contribution in [-0.4, -0.2) is 38.3 Å². The molecule has 0 heterocycles. The van der Waals surface area contributed by atoms with E-state index >= 15 is 0 Å². The van der Waals surface area contributed by atoms with Crippen molar-refractivity contribution in [3.63, 3.8) is 0 Å². The molecule has 0 radical (unpaired) electrons. The van der Waals surface area contributed by atoms with E-state index in [0.717, 1.165) is 11.1 Å². The topological polar surface area (TPSA) is 76.7 Å². The Bertz CT molecular complexity index is 677. The monoisotopic (exact) mass is 356 g/mol. The molecular weight excluding hydrogens is 332 g/mol. The zero-order valence-electron chi connectivity index (χ0n) is 14.8. The number of benzene rings is 2. The first-order valence-corrected chi connectivity index (χ1v) is 8.47. The van der Waals surface area contributed by atoms with E-state index in [9.17, 15) is 9.59 Å². The summed E-state index contributed by atoms with van der Waals surface area (Å²) >= 11 is 0. The molecule has 2 N–H and O–H groups in total. The summed E-state index contributed by atoms with van der Waals surface area (Å²) in [6.45, 7) is 0.930. The normalized spacial score (nSPS) is 11.4. The smallest absolute Gasteiger partial charge is 0.408 e. The van der Waals surface area contributed by atoms with Gasteiger partial charge in [-0.15, -0.1) is 0 Å². The van der Waals surface area contributed by atoms with Gasteiger partial charge in [0.1, 0.15) is 12.6 Å². The molecule has 26 heavy (non-hydrogen) atoms. The Hall–Kier alpha value is -2.86. The van der Waals surface area contributed by atoms with Gasteiger partial charge in [0.25, 0.3) is 0 Å². The van der Waals surface area contributed by atoms with Crippen LogP contribution < -0.4 is 10.6 Å². The van der Waals surface area contributed by atoms with Gasteiger partial charge in [0.05, 0.1) is 6.61 Å². The Labute approximate surface area is 153 Å². The minimum atomic E-state index is -0.725. The van der Waals surface area contributed by atoms with Crippen LogP contribution in [0.5, 0.6) is 0 Å². The van der Waals surface area contributed by atoms with Gasteiger partial charge < -0.3 is 20.1 Å². The van der Waals surface area contributed by atoms with E-state index in [-0.39, 0.29) is 12.5 Å². The molecule has 2 aromatic carbocycles. The summed E-state index contributed by atoms with van der Waals surface area (Å²) in [4.78, 5) is 24.5. The van der Waals surface area contributed by atoms with Crippen LogP contribution in [0.4, 0.5) is 4.79 Å². The van der Waals surface area contributed by atoms with Gasteiger partial charge >= 0.3 is 6.09 Å². The molecule has 6 nitrogen and oxygen atoms in total. The summed E-state index contributed by atoms with van der Waals surface area (Å²) in [7, 11) is 1.56.